The summed E-state index contributed by atoms with van der Waals surface area (Å²) in [5.41, 5.74) is 2.53. The number of nitro groups is 1. The summed E-state index contributed by atoms with van der Waals surface area (Å²) in [6.07, 6.45) is 1.69. The van der Waals surface area contributed by atoms with Gasteiger partial charge in [0.2, 0.25) is 0 Å². The topological polar surface area (TPSA) is 75.5 Å². The fourth-order valence-electron chi connectivity index (χ4n) is 3.39. The minimum absolute atomic E-state index is 0.0519. The van der Waals surface area contributed by atoms with E-state index in [2.05, 4.69) is 41.4 Å². The zero-order valence-corrected chi connectivity index (χ0v) is 14.9. The normalized spacial score (nSPS) is 15.6. The fraction of sp³-hybridized carbons (Fsp3) is 0.350. The zero-order chi connectivity index (χ0) is 18.5. The summed E-state index contributed by atoms with van der Waals surface area (Å²) in [5, 5.41) is 14.0. The van der Waals surface area contributed by atoms with Crippen molar-refractivity contribution in [1.29, 1.82) is 0 Å². The lowest BCUT2D eigenvalue weighted by Gasteiger charge is -2.32. The average molecular weight is 353 g/mol. The number of hydrogen-bond donors (Lipinski definition) is 1. The third-order valence-electron chi connectivity index (χ3n) is 4.76. The number of likely N-dealkylation sites (tertiary alicyclic amines) is 1. The van der Waals surface area contributed by atoms with Gasteiger partial charge in [-0.3, -0.25) is 19.8 Å². The second-order valence-electron chi connectivity index (χ2n) is 6.79. The summed E-state index contributed by atoms with van der Waals surface area (Å²) in [5.74, 6) is -0.366. The van der Waals surface area contributed by atoms with Gasteiger partial charge in [-0.2, -0.15) is 0 Å². The summed E-state index contributed by atoms with van der Waals surface area (Å²) in [6, 6.07) is 14.6. The number of carbonyl (C=O) groups excluding carboxylic acids is 1. The Labute approximate surface area is 153 Å². The Morgan fingerprint density at radius 2 is 1.92 bits per heavy atom. The second kappa shape index (κ2) is 8.10. The van der Waals surface area contributed by atoms with Crippen LogP contribution in [-0.4, -0.2) is 34.9 Å². The first-order valence-corrected chi connectivity index (χ1v) is 8.85. The standard InChI is InChI=1S/C20H23N3O3/c1-15-5-4-6-16(13-15)14-22-11-9-17(10-12-22)21-20(24)18-7-2-3-8-19(18)23(25)26/h2-8,13,17H,9-12,14H2,1H3,(H,21,24). The van der Waals surface area contributed by atoms with Gasteiger partial charge in [-0.05, 0) is 31.4 Å². The van der Waals surface area contributed by atoms with Crippen LogP contribution in [0.3, 0.4) is 0 Å². The van der Waals surface area contributed by atoms with Crippen molar-refractivity contribution in [3.05, 3.63) is 75.3 Å². The van der Waals surface area contributed by atoms with Crippen LogP contribution in [0, 0.1) is 17.0 Å². The number of rotatable bonds is 5. The van der Waals surface area contributed by atoms with Crippen LogP contribution < -0.4 is 5.32 Å². The monoisotopic (exact) mass is 353 g/mol. The van der Waals surface area contributed by atoms with Gasteiger partial charge in [-0.25, -0.2) is 0 Å². The third-order valence-corrected chi connectivity index (χ3v) is 4.76. The van der Waals surface area contributed by atoms with Gasteiger partial charge in [0, 0.05) is 31.7 Å². The molecule has 1 aliphatic rings. The number of aryl methyl sites for hydroxylation is 1. The van der Waals surface area contributed by atoms with E-state index in [9.17, 15) is 14.9 Å². The molecule has 0 aromatic heterocycles. The number of carbonyl (C=O) groups is 1. The van der Waals surface area contributed by atoms with E-state index < -0.39 is 4.92 Å². The van der Waals surface area contributed by atoms with Gasteiger partial charge in [0.05, 0.1) is 4.92 Å². The largest absolute Gasteiger partial charge is 0.349 e. The molecule has 1 saturated heterocycles. The minimum Gasteiger partial charge on any atom is -0.349 e. The number of nitrogens with one attached hydrogen (secondary N) is 1. The molecule has 0 unspecified atom stereocenters. The maximum atomic E-state index is 12.4. The fourth-order valence-corrected chi connectivity index (χ4v) is 3.39. The Balaban J connectivity index is 1.54. The van der Waals surface area contributed by atoms with Crippen LogP contribution in [0.15, 0.2) is 48.5 Å². The molecule has 6 nitrogen and oxygen atoms in total. The van der Waals surface area contributed by atoms with Crippen LogP contribution in [0.1, 0.15) is 34.3 Å². The molecule has 1 N–H and O–H groups in total. The third kappa shape index (κ3) is 4.46. The van der Waals surface area contributed by atoms with Gasteiger partial charge in [-0.1, -0.05) is 42.0 Å². The molecule has 2 aromatic rings. The molecule has 1 aliphatic heterocycles. The van der Waals surface area contributed by atoms with E-state index in [1.165, 1.54) is 23.3 Å². The molecule has 26 heavy (non-hydrogen) atoms. The smallest absolute Gasteiger partial charge is 0.282 e. The van der Waals surface area contributed by atoms with Gasteiger partial charge < -0.3 is 5.32 Å². The Hall–Kier alpha value is -2.73. The van der Waals surface area contributed by atoms with E-state index in [0.717, 1.165) is 32.5 Å². The molecule has 3 rings (SSSR count). The molecular formula is C20H23N3O3. The van der Waals surface area contributed by atoms with E-state index in [-0.39, 0.29) is 23.2 Å². The molecule has 0 bridgehead atoms. The van der Waals surface area contributed by atoms with Crippen LogP contribution in [0.25, 0.3) is 0 Å². The number of hydrogen-bond acceptors (Lipinski definition) is 4. The lowest BCUT2D eigenvalue weighted by molar-refractivity contribution is -0.385. The molecular weight excluding hydrogens is 330 g/mol. The highest BCUT2D eigenvalue weighted by Crippen LogP contribution is 2.19. The van der Waals surface area contributed by atoms with Gasteiger partial charge >= 0.3 is 0 Å². The molecule has 0 saturated carbocycles. The van der Waals surface area contributed by atoms with Crippen molar-refractivity contribution in [1.82, 2.24) is 10.2 Å². The van der Waals surface area contributed by atoms with Crippen molar-refractivity contribution in [3.8, 4) is 0 Å². The van der Waals surface area contributed by atoms with Crippen LogP contribution >= 0.6 is 0 Å². The van der Waals surface area contributed by atoms with Crippen molar-refractivity contribution < 1.29 is 9.72 Å². The first-order chi connectivity index (χ1) is 12.5. The molecule has 0 spiro atoms. The Morgan fingerprint density at radius 1 is 1.19 bits per heavy atom. The van der Waals surface area contributed by atoms with E-state index >= 15 is 0 Å². The SMILES string of the molecule is Cc1cccc(CN2CCC(NC(=O)c3ccccc3[N+](=O)[O-])CC2)c1. The van der Waals surface area contributed by atoms with E-state index in [1.54, 1.807) is 12.1 Å². The van der Waals surface area contributed by atoms with E-state index in [0.29, 0.717) is 0 Å². The molecule has 2 aromatic carbocycles. The zero-order valence-electron chi connectivity index (χ0n) is 14.9. The van der Waals surface area contributed by atoms with Crippen LogP contribution in [0.4, 0.5) is 5.69 Å². The predicted octanol–water partition coefficient (Wildman–Crippen LogP) is 3.30. The Kier molecular flexibility index (Phi) is 5.63. The van der Waals surface area contributed by atoms with Gasteiger partial charge in [-0.15, -0.1) is 0 Å². The van der Waals surface area contributed by atoms with Gasteiger partial charge in [0.25, 0.3) is 11.6 Å². The summed E-state index contributed by atoms with van der Waals surface area (Å²) in [7, 11) is 0. The molecule has 1 heterocycles. The van der Waals surface area contributed by atoms with Crippen LogP contribution in [0.2, 0.25) is 0 Å². The average Bonchev–Trinajstić information content (AvgIpc) is 2.63. The summed E-state index contributed by atoms with van der Waals surface area (Å²) < 4.78 is 0. The molecule has 0 aliphatic carbocycles. The highest BCUT2D eigenvalue weighted by atomic mass is 16.6. The quantitative estimate of drug-likeness (QED) is 0.661. The lowest BCUT2D eigenvalue weighted by atomic mass is 10.0. The van der Waals surface area contributed by atoms with Crippen molar-refractivity contribution >= 4 is 11.6 Å². The van der Waals surface area contributed by atoms with Crippen molar-refractivity contribution in [3.63, 3.8) is 0 Å². The van der Waals surface area contributed by atoms with Crippen LogP contribution in [0.5, 0.6) is 0 Å². The highest BCUT2D eigenvalue weighted by molar-refractivity contribution is 5.98. The number of benzene rings is 2. The van der Waals surface area contributed by atoms with Gasteiger partial charge in [0.1, 0.15) is 5.56 Å². The van der Waals surface area contributed by atoms with E-state index in [4.69, 9.17) is 0 Å². The summed E-state index contributed by atoms with van der Waals surface area (Å²) in [4.78, 5) is 25.4. The maximum Gasteiger partial charge on any atom is 0.282 e. The lowest BCUT2D eigenvalue weighted by Crippen LogP contribution is -2.44. The number of nitro benzene ring substituents is 1. The molecule has 0 radical (unpaired) electrons. The first-order valence-electron chi connectivity index (χ1n) is 8.85. The molecule has 6 heteroatoms. The highest BCUT2D eigenvalue weighted by Gasteiger charge is 2.24. The molecule has 1 amide bonds. The predicted molar refractivity (Wildman–Crippen MR) is 100 cm³/mol. The number of para-hydroxylation sites is 1. The van der Waals surface area contributed by atoms with Crippen LogP contribution in [-0.2, 0) is 6.54 Å². The Bertz CT molecular complexity index is 798. The number of piperidine rings is 1. The molecule has 1 fully saturated rings. The number of nitrogens with zero attached hydrogens (tertiary/aromatic N) is 2. The molecule has 0 atom stereocenters. The van der Waals surface area contributed by atoms with Gasteiger partial charge in [0.15, 0.2) is 0 Å². The second-order valence-corrected chi connectivity index (χ2v) is 6.79. The number of amides is 1. The maximum absolute atomic E-state index is 12.4. The summed E-state index contributed by atoms with van der Waals surface area (Å²) >= 11 is 0. The molecule has 136 valence electrons. The summed E-state index contributed by atoms with van der Waals surface area (Å²) in [6.45, 7) is 4.80. The van der Waals surface area contributed by atoms with Crippen molar-refractivity contribution in [2.24, 2.45) is 0 Å². The minimum atomic E-state index is -0.515. The first kappa shape index (κ1) is 18.1. The Morgan fingerprint density at radius 3 is 2.62 bits per heavy atom. The van der Waals surface area contributed by atoms with Crippen molar-refractivity contribution in [2.75, 3.05) is 13.1 Å². The van der Waals surface area contributed by atoms with E-state index in [1.807, 2.05) is 0 Å². The van der Waals surface area contributed by atoms with Crippen molar-refractivity contribution in [2.45, 2.75) is 32.4 Å².